The maximum Gasteiger partial charge on any atom is 0.0619 e. The molecule has 9 rings (SSSR count). The van der Waals surface area contributed by atoms with Crippen LogP contribution in [0.15, 0.2) is 158 Å². The molecule has 0 fully saturated rings. The number of benzene rings is 7. The normalized spacial score (nSPS) is 11.7. The van der Waals surface area contributed by atoms with E-state index < -0.39 is 0 Å². The van der Waals surface area contributed by atoms with E-state index in [2.05, 4.69) is 181 Å². The van der Waals surface area contributed by atoms with Crippen LogP contribution >= 0.6 is 0 Å². The van der Waals surface area contributed by atoms with Gasteiger partial charge in [-0.2, -0.15) is 0 Å². The molecule has 0 spiro atoms. The highest BCUT2D eigenvalue weighted by Gasteiger charge is 2.19. The van der Waals surface area contributed by atoms with Gasteiger partial charge in [-0.15, -0.1) is 0 Å². The third-order valence-electron chi connectivity index (χ3n) is 9.39. The van der Waals surface area contributed by atoms with E-state index in [1.54, 1.807) is 0 Å². The van der Waals surface area contributed by atoms with Gasteiger partial charge >= 0.3 is 0 Å². The average molecular weight is 589 g/mol. The number of nitrogens with zero attached hydrogens (tertiary/aromatic N) is 2. The molecule has 2 aromatic heterocycles. The van der Waals surface area contributed by atoms with E-state index in [-0.39, 0.29) is 0 Å². The van der Waals surface area contributed by atoms with Crippen LogP contribution in [0.2, 0.25) is 0 Å². The zero-order chi connectivity index (χ0) is 30.8. The Balaban J connectivity index is 1.32. The number of hydrogen-bond acceptors (Lipinski definition) is 0. The Hall–Kier alpha value is -5.86. The summed E-state index contributed by atoms with van der Waals surface area (Å²) in [6.45, 7) is 4.33. The lowest BCUT2D eigenvalue weighted by Gasteiger charge is -2.15. The topological polar surface area (TPSA) is 9.86 Å². The third kappa shape index (κ3) is 4.04. The minimum atomic E-state index is 1.18. The predicted octanol–water partition coefficient (Wildman–Crippen LogP) is 11.8. The molecular weight excluding hydrogens is 556 g/mol. The Bertz CT molecular complexity index is 2430. The molecule has 0 bridgehead atoms. The van der Waals surface area contributed by atoms with Crippen molar-refractivity contribution in [2.75, 3.05) is 0 Å². The molecular formula is C44H32N2. The first-order valence-electron chi connectivity index (χ1n) is 15.9. The predicted molar refractivity (Wildman–Crippen MR) is 195 cm³/mol. The number of aryl methyl sites for hydroxylation is 2. The lowest BCUT2D eigenvalue weighted by atomic mass is 9.96. The number of para-hydroxylation sites is 4. The molecule has 2 heteroatoms. The van der Waals surface area contributed by atoms with E-state index in [0.29, 0.717) is 0 Å². The fourth-order valence-corrected chi connectivity index (χ4v) is 7.43. The van der Waals surface area contributed by atoms with Crippen LogP contribution in [-0.2, 0) is 0 Å². The minimum absolute atomic E-state index is 1.18. The molecule has 0 atom stereocenters. The monoisotopic (exact) mass is 588 g/mol. The second-order valence-corrected chi connectivity index (χ2v) is 12.4. The summed E-state index contributed by atoms with van der Waals surface area (Å²) < 4.78 is 4.88. The molecule has 0 radical (unpaired) electrons. The second-order valence-electron chi connectivity index (χ2n) is 12.4. The van der Waals surface area contributed by atoms with Crippen LogP contribution in [-0.4, -0.2) is 9.13 Å². The molecule has 218 valence electrons. The van der Waals surface area contributed by atoms with E-state index in [0.717, 1.165) is 0 Å². The van der Waals surface area contributed by atoms with Crippen LogP contribution in [0.25, 0.3) is 77.2 Å². The van der Waals surface area contributed by atoms with Crippen molar-refractivity contribution in [3.8, 4) is 33.6 Å². The van der Waals surface area contributed by atoms with Crippen molar-refractivity contribution in [2.45, 2.75) is 13.8 Å². The van der Waals surface area contributed by atoms with Crippen molar-refractivity contribution >= 4 is 43.6 Å². The zero-order valence-corrected chi connectivity index (χ0v) is 25.9. The largest absolute Gasteiger partial charge is 0.309 e. The van der Waals surface area contributed by atoms with Gasteiger partial charge in [-0.25, -0.2) is 0 Å². The summed E-state index contributed by atoms with van der Waals surface area (Å²) in [4.78, 5) is 0. The van der Waals surface area contributed by atoms with Crippen LogP contribution in [0.4, 0.5) is 0 Å². The van der Waals surface area contributed by atoms with Gasteiger partial charge < -0.3 is 9.13 Å². The Morgan fingerprint density at radius 1 is 0.348 bits per heavy atom. The molecule has 0 saturated heterocycles. The van der Waals surface area contributed by atoms with Gasteiger partial charge in [0.25, 0.3) is 0 Å². The average Bonchev–Trinajstić information content (AvgIpc) is 3.62. The quantitative estimate of drug-likeness (QED) is 0.194. The summed E-state index contributed by atoms with van der Waals surface area (Å²) in [6, 6.07) is 57.8. The highest BCUT2D eigenvalue weighted by Crippen LogP contribution is 2.41. The molecule has 0 N–H and O–H groups in total. The van der Waals surface area contributed by atoms with Crippen LogP contribution in [0.5, 0.6) is 0 Å². The molecule has 2 nitrogen and oxygen atoms in total. The Labute approximate surface area is 268 Å². The zero-order valence-electron chi connectivity index (χ0n) is 25.9. The maximum atomic E-state index is 2.44. The van der Waals surface area contributed by atoms with Gasteiger partial charge in [0.1, 0.15) is 0 Å². The van der Waals surface area contributed by atoms with Gasteiger partial charge in [-0.3, -0.25) is 0 Å². The Kier molecular flexibility index (Phi) is 5.97. The number of fused-ring (bicyclic) bond motifs is 6. The number of aromatic nitrogens is 2. The molecule has 0 aliphatic carbocycles. The van der Waals surface area contributed by atoms with Crippen molar-refractivity contribution in [1.29, 1.82) is 0 Å². The summed E-state index contributed by atoms with van der Waals surface area (Å²) in [5.74, 6) is 0. The smallest absolute Gasteiger partial charge is 0.0619 e. The summed E-state index contributed by atoms with van der Waals surface area (Å²) in [5.41, 5.74) is 14.6. The standard InChI is InChI=1S/C44H32N2/c1-29-12-7-16-33(26-29)45-41-24-5-3-18-37(41)39-22-10-20-35(43(39)45)31-14-9-15-32(28-31)36-21-11-23-40-38-19-4-6-25-42(38)46(44(36)40)34-17-8-13-30(2)27-34/h3-28H,1-2H3. The van der Waals surface area contributed by atoms with Gasteiger partial charge in [-0.05, 0) is 78.6 Å². The fourth-order valence-electron chi connectivity index (χ4n) is 7.43. The molecule has 0 amide bonds. The van der Waals surface area contributed by atoms with Gasteiger partial charge in [0.2, 0.25) is 0 Å². The molecule has 7 aromatic carbocycles. The third-order valence-corrected chi connectivity index (χ3v) is 9.39. The minimum Gasteiger partial charge on any atom is -0.309 e. The molecule has 0 unspecified atom stereocenters. The van der Waals surface area contributed by atoms with E-state index >= 15 is 0 Å². The first-order valence-corrected chi connectivity index (χ1v) is 15.9. The van der Waals surface area contributed by atoms with Gasteiger partial charge in [0.15, 0.2) is 0 Å². The summed E-state index contributed by atoms with van der Waals surface area (Å²) in [5, 5.41) is 5.07. The summed E-state index contributed by atoms with van der Waals surface area (Å²) in [7, 11) is 0. The highest BCUT2D eigenvalue weighted by atomic mass is 15.0. The summed E-state index contributed by atoms with van der Waals surface area (Å²) in [6.07, 6.45) is 0. The van der Waals surface area contributed by atoms with Crippen LogP contribution in [0.1, 0.15) is 11.1 Å². The molecule has 0 aliphatic heterocycles. The highest BCUT2D eigenvalue weighted by molar-refractivity contribution is 6.15. The lowest BCUT2D eigenvalue weighted by Crippen LogP contribution is -1.97. The molecule has 0 aliphatic rings. The van der Waals surface area contributed by atoms with Crippen molar-refractivity contribution in [2.24, 2.45) is 0 Å². The van der Waals surface area contributed by atoms with E-state index in [9.17, 15) is 0 Å². The first-order chi connectivity index (χ1) is 22.7. The van der Waals surface area contributed by atoms with Crippen LogP contribution in [0.3, 0.4) is 0 Å². The van der Waals surface area contributed by atoms with Crippen molar-refractivity contribution < 1.29 is 0 Å². The van der Waals surface area contributed by atoms with Crippen molar-refractivity contribution in [3.05, 3.63) is 169 Å². The lowest BCUT2D eigenvalue weighted by molar-refractivity contribution is 1.17. The van der Waals surface area contributed by atoms with Crippen LogP contribution < -0.4 is 0 Å². The SMILES string of the molecule is Cc1cccc(-n2c3ccccc3c3cccc(-c4cccc(-c5cccc6c7ccccc7n(-c7cccc(C)c7)c56)c4)c32)c1. The maximum absolute atomic E-state index is 2.44. The molecule has 2 heterocycles. The van der Waals surface area contributed by atoms with Gasteiger partial charge in [0.05, 0.1) is 22.1 Å². The van der Waals surface area contributed by atoms with Crippen molar-refractivity contribution in [1.82, 2.24) is 9.13 Å². The van der Waals surface area contributed by atoms with E-state index in [4.69, 9.17) is 0 Å². The van der Waals surface area contributed by atoms with Gasteiger partial charge in [-0.1, -0.05) is 115 Å². The number of hydrogen-bond donors (Lipinski definition) is 0. The first kappa shape index (κ1) is 26.5. The van der Waals surface area contributed by atoms with Gasteiger partial charge in [0, 0.05) is 44.0 Å². The molecule has 0 saturated carbocycles. The van der Waals surface area contributed by atoms with Crippen molar-refractivity contribution in [3.63, 3.8) is 0 Å². The fraction of sp³-hybridized carbons (Fsp3) is 0.0455. The summed E-state index contributed by atoms with van der Waals surface area (Å²) >= 11 is 0. The Morgan fingerprint density at radius 2 is 0.761 bits per heavy atom. The Morgan fingerprint density at radius 3 is 1.24 bits per heavy atom. The second kappa shape index (κ2) is 10.4. The molecule has 46 heavy (non-hydrogen) atoms. The van der Waals surface area contributed by atoms with Crippen LogP contribution in [0, 0.1) is 13.8 Å². The number of rotatable bonds is 4. The molecule has 9 aromatic rings. The van der Waals surface area contributed by atoms with E-state index in [1.165, 1.54) is 88.4 Å². The van der Waals surface area contributed by atoms with E-state index in [1.807, 2.05) is 0 Å².